The van der Waals surface area contributed by atoms with E-state index in [1.54, 1.807) is 0 Å². The number of nitrogens with one attached hydrogen (secondary N) is 5. The van der Waals surface area contributed by atoms with Gasteiger partial charge in [0.1, 0.15) is 232 Å². The van der Waals surface area contributed by atoms with Gasteiger partial charge in [-0.25, -0.2) is 0 Å². The molecule has 124 heavy (non-hydrogen) atoms. The van der Waals surface area contributed by atoms with Crippen molar-refractivity contribution < 1.29 is 242 Å². The zero-order valence-corrected chi connectivity index (χ0v) is 67.5. The van der Waals surface area contributed by atoms with Gasteiger partial charge >= 0.3 is 0 Å². The Kier molecular flexibility index (Phi) is 36.3. The maximum absolute atomic E-state index is 13.5. The highest BCUT2D eigenvalue weighted by atomic mass is 16.8. The number of aliphatic hydroxyl groups is 25. The zero-order valence-electron chi connectivity index (χ0n) is 67.5. The second-order valence-corrected chi connectivity index (χ2v) is 31.7. The Bertz CT molecular complexity index is 3400. The summed E-state index contributed by atoms with van der Waals surface area (Å²) in [5.41, 5.74) is 0. The van der Waals surface area contributed by atoms with E-state index in [2.05, 4.69) is 26.6 Å². The van der Waals surface area contributed by atoms with E-state index in [0.29, 0.717) is 0 Å². The first kappa shape index (κ1) is 102. The van der Waals surface area contributed by atoms with Crippen molar-refractivity contribution in [3.8, 4) is 0 Å². The summed E-state index contributed by atoms with van der Waals surface area (Å²) in [5, 5.41) is 294. The van der Waals surface area contributed by atoms with Gasteiger partial charge in [-0.3, -0.25) is 24.0 Å². The van der Waals surface area contributed by atoms with Gasteiger partial charge < -0.3 is 244 Å². The number of aliphatic hydroxyl groups excluding tert-OH is 25. The van der Waals surface area contributed by atoms with Gasteiger partial charge in [0.2, 0.25) is 29.5 Å². The Labute approximate surface area is 703 Å². The molecule has 0 radical (unpaired) electrons. The fourth-order valence-corrected chi connectivity index (χ4v) is 16.1. The van der Waals surface area contributed by atoms with Crippen LogP contribution < -0.4 is 26.6 Å². The van der Waals surface area contributed by atoms with Gasteiger partial charge in [-0.05, 0) is 13.8 Å². The van der Waals surface area contributed by atoms with E-state index in [1.807, 2.05) is 0 Å². The van der Waals surface area contributed by atoms with Crippen LogP contribution in [0, 0.1) is 0 Å². The van der Waals surface area contributed by atoms with Crippen molar-refractivity contribution in [1.82, 2.24) is 26.6 Å². The first-order valence-corrected chi connectivity index (χ1v) is 39.8. The summed E-state index contributed by atoms with van der Waals surface area (Å²) in [6, 6.07) is -9.40. The van der Waals surface area contributed by atoms with Crippen molar-refractivity contribution in [1.29, 1.82) is 0 Å². The maximum Gasteiger partial charge on any atom is 0.217 e. The van der Waals surface area contributed by atoms with Crippen molar-refractivity contribution in [3.05, 3.63) is 0 Å². The molecule has 0 aromatic carbocycles. The number of hydrogen-bond donors (Lipinski definition) is 30. The minimum absolute atomic E-state index is 0.819. The third kappa shape index (κ3) is 22.7. The van der Waals surface area contributed by atoms with Crippen LogP contribution in [-0.4, -0.2) is 517 Å². The minimum atomic E-state index is -2.64. The van der Waals surface area contributed by atoms with Crippen LogP contribution >= 0.6 is 0 Å². The third-order valence-corrected chi connectivity index (χ3v) is 22.8. The number of carbonyl (C=O) groups is 5. The van der Waals surface area contributed by atoms with E-state index in [4.69, 9.17) is 90.0 Å². The predicted molar refractivity (Wildman–Crippen MR) is 385 cm³/mol. The Morgan fingerprint density at radius 2 is 0.516 bits per heavy atom. The average Bonchev–Trinajstić information content (AvgIpc) is 0.747. The van der Waals surface area contributed by atoms with Crippen LogP contribution in [0.5, 0.6) is 0 Å². The largest absolute Gasteiger partial charge is 0.394 e. The molecule has 50 atom stereocenters. The van der Waals surface area contributed by atoms with Crippen LogP contribution in [0.3, 0.4) is 0 Å². The first-order chi connectivity index (χ1) is 58.5. The zero-order chi connectivity index (χ0) is 91.4. The lowest BCUT2D eigenvalue weighted by atomic mass is 9.93. The smallest absolute Gasteiger partial charge is 0.217 e. The third-order valence-electron chi connectivity index (χ3n) is 22.8. The highest BCUT2D eigenvalue weighted by Gasteiger charge is 2.62. The molecule has 10 heterocycles. The maximum atomic E-state index is 13.5. The molecule has 54 nitrogen and oxygen atoms in total. The Morgan fingerprint density at radius 3 is 0.935 bits per heavy atom. The molecule has 10 fully saturated rings. The normalized spacial score (nSPS) is 49.0. The molecule has 10 aliphatic rings. The van der Waals surface area contributed by atoms with Gasteiger partial charge in [0.05, 0.1) is 65.1 Å². The monoisotopic (exact) mass is 1810 g/mol. The summed E-state index contributed by atoms with van der Waals surface area (Å²) >= 11 is 0. The van der Waals surface area contributed by atoms with E-state index >= 15 is 0 Å². The molecule has 5 amide bonds. The van der Waals surface area contributed by atoms with Gasteiger partial charge in [-0.1, -0.05) is 0 Å². The molecule has 54 heteroatoms. The average molecular weight is 1810 g/mol. The minimum Gasteiger partial charge on any atom is -0.394 e. The number of rotatable bonds is 31. The van der Waals surface area contributed by atoms with E-state index in [0.717, 1.165) is 34.6 Å². The van der Waals surface area contributed by atoms with Crippen molar-refractivity contribution >= 4 is 29.5 Å². The summed E-state index contributed by atoms with van der Waals surface area (Å²) in [4.78, 5) is 64.6. The quantitative estimate of drug-likeness (QED) is 0.0306. The van der Waals surface area contributed by atoms with Gasteiger partial charge in [0, 0.05) is 34.6 Å². The van der Waals surface area contributed by atoms with Crippen molar-refractivity contribution in [2.75, 3.05) is 52.9 Å². The molecule has 0 bridgehead atoms. The molecule has 10 rings (SSSR count). The Morgan fingerprint density at radius 1 is 0.226 bits per heavy atom. The van der Waals surface area contributed by atoms with E-state index in [-0.39, 0.29) is 0 Å². The van der Waals surface area contributed by atoms with Crippen molar-refractivity contribution in [2.24, 2.45) is 0 Å². The lowest BCUT2D eigenvalue weighted by Gasteiger charge is -2.52. The summed E-state index contributed by atoms with van der Waals surface area (Å²) in [7, 11) is 0. The second kappa shape index (κ2) is 44.2. The van der Waals surface area contributed by atoms with E-state index < -0.39 is 389 Å². The van der Waals surface area contributed by atoms with Crippen LogP contribution in [0.1, 0.15) is 48.5 Å². The lowest BCUT2D eigenvalue weighted by molar-refractivity contribution is -0.399. The molecule has 716 valence electrons. The van der Waals surface area contributed by atoms with Crippen LogP contribution in [-0.2, 0) is 114 Å². The fraction of sp³-hybridized carbons (Fsp3) is 0.929. The number of carbonyl (C=O) groups excluding carboxylic acids is 5. The second-order valence-electron chi connectivity index (χ2n) is 31.7. The number of ether oxygens (including phenoxy) is 19. The van der Waals surface area contributed by atoms with Gasteiger partial charge in [0.15, 0.2) is 62.9 Å². The highest BCUT2D eigenvalue weighted by Crippen LogP contribution is 2.41. The van der Waals surface area contributed by atoms with E-state index in [1.165, 1.54) is 13.8 Å². The summed E-state index contributed by atoms with van der Waals surface area (Å²) in [6.07, 6.45) is -92.5. The molecule has 0 saturated carbocycles. The molecule has 10 aliphatic heterocycles. The molecule has 0 aromatic heterocycles. The fourth-order valence-electron chi connectivity index (χ4n) is 16.1. The highest BCUT2D eigenvalue weighted by molar-refractivity contribution is 5.75. The Balaban J connectivity index is 1.01. The number of hydrogen-bond acceptors (Lipinski definition) is 49. The first-order valence-electron chi connectivity index (χ1n) is 39.8. The molecule has 0 aliphatic carbocycles. The van der Waals surface area contributed by atoms with Crippen LogP contribution in [0.25, 0.3) is 0 Å². The topological polar surface area (TPSA) is 827 Å². The predicted octanol–water partition coefficient (Wildman–Crippen LogP) is -20.0. The van der Waals surface area contributed by atoms with Crippen molar-refractivity contribution in [3.63, 3.8) is 0 Å². The molecular formula is C70H117N5O49. The molecule has 10 saturated heterocycles. The van der Waals surface area contributed by atoms with E-state index in [9.17, 15) is 152 Å². The molecule has 0 aromatic rings. The van der Waals surface area contributed by atoms with Crippen molar-refractivity contribution in [2.45, 2.75) is 355 Å². The SMILES string of the molecule is CC(=O)N[C@@H]1[C@@H](O[C@@H]2O[C@@H](C)[C@@H](O)[C@@H](O)[C@@H]2O)[C@H](O[C@@H]2O[C@H](CO)[C@@H](O[C@@H]3O[C@H](CO[C@H]4O[C@H](CO)[C@@H](O)[C@H](O)[C@@H]4O[C@@H]4O[C@H](CO)[C@@H](O)[C@H](O)[C@H]4NC(C)=O)[C@@H](O)[C@H](O[C@H]4O[C@H](CO)[C@@H](O)[C@H](O)[C@@H]4O[C@@H]4O[C@H](CO)[C@@H](O[C@@H]5O[C@H](CO)[C@H](O)[C@H](O)[C@H]5NC(C)=O)[C@H](O)[C@H]4NC(C)=O)[C@@H]3O)[C@H](O)[C@H]2NC(C)=O)[C@@H](CO[C@@H]2O[C@@H](C)[C@@H](O)[C@@H](O)[C@@H]2O)O[C@H]1O. The van der Waals surface area contributed by atoms with Crippen LogP contribution in [0.4, 0.5) is 0 Å². The summed E-state index contributed by atoms with van der Waals surface area (Å²) in [6.45, 7) is -1.54. The summed E-state index contributed by atoms with van der Waals surface area (Å²) in [5.74, 6) is -4.59. The van der Waals surface area contributed by atoms with Gasteiger partial charge in [-0.15, -0.1) is 0 Å². The molecule has 30 N–H and O–H groups in total. The van der Waals surface area contributed by atoms with Gasteiger partial charge in [-0.2, -0.15) is 0 Å². The van der Waals surface area contributed by atoms with Crippen LogP contribution in [0.2, 0.25) is 0 Å². The number of amides is 5. The standard InChI is InChI=1S/C70H117N5O49/c1-16-36(87)47(98)51(102)66(108-16)106-15-30-56(57(35(61(105)110-30)75-22(7)86)121-67-52(103)48(99)37(88)17(2)109-67)120-64-33(73-20(5)84)46(97)55(28(13-81)115-64)119-68-53(104)58(42(93)29(117-68)14-107-69-59(49(100)40(91)25(10-78)113-69)123-63-32(72-19(4)83)44(95)39(90)24(9-77)112-63)122-70-60(50(101)41(92)26(11-79)114-70)124-65-34(74-21(6)85)45(96)54(27(12-80)116-65)118-62-31(71-18(3)82)43(94)38(89)23(8-76)111-62/h16-17,23-70,76-81,87-105H,8-15H2,1-7H3,(H,71,82)(H,72,83)(H,73,84)(H,74,85)(H,75,86)/t16-,17-,23+,24+,25+,26+,27+,28+,29+,30+,31+,32+,33+,34+,35+,36+,37+,38-,39+,40+,41+,42+,43+,44+,45+,46+,47+,48+,49-,50-,51-,52-,53-,54+,55+,56+,57+,58-,59-,60-,61+,62-,63-,64-,65-,66+,67-,68-,69-,70+/m0/s1. The van der Waals surface area contributed by atoms with Gasteiger partial charge in [0.25, 0.3) is 0 Å². The molecule has 0 spiro atoms. The Hall–Kier alpha value is -4.41. The molecular weight excluding hydrogens is 1690 g/mol. The van der Waals surface area contributed by atoms with Crippen LogP contribution in [0.15, 0.2) is 0 Å². The molecule has 0 unspecified atom stereocenters. The summed E-state index contributed by atoms with van der Waals surface area (Å²) < 4.78 is 115. The lowest BCUT2D eigenvalue weighted by Crippen LogP contribution is -2.71.